The third-order valence-corrected chi connectivity index (χ3v) is 5.78. The molecule has 124 valence electrons. The highest BCUT2D eigenvalue weighted by molar-refractivity contribution is 5.80. The highest BCUT2D eigenvalue weighted by Crippen LogP contribution is 2.47. The van der Waals surface area contributed by atoms with Crippen LogP contribution in [-0.4, -0.2) is 87.5 Å². The SMILES string of the molecule is CN=C(NCCN1CCOCC1)N1CC2C3CCC(O3)C2C1. The molecule has 0 saturated carbocycles. The maximum atomic E-state index is 6.06. The quantitative estimate of drug-likeness (QED) is 0.588. The minimum absolute atomic E-state index is 0.520. The Morgan fingerprint density at radius 2 is 1.82 bits per heavy atom. The standard InChI is InChI=1S/C16H28N4O2/c1-17-16(18-4-5-19-6-8-21-9-7-19)20-10-12-13(11-20)15-3-2-14(12)22-15/h12-15H,2-11H2,1H3,(H,17,18). The van der Waals surface area contributed by atoms with Gasteiger partial charge in [0.1, 0.15) is 0 Å². The number of fused-ring (bicyclic) bond motifs is 5. The van der Waals surface area contributed by atoms with Gasteiger partial charge in [0.15, 0.2) is 5.96 Å². The molecule has 4 aliphatic heterocycles. The summed E-state index contributed by atoms with van der Waals surface area (Å²) in [6, 6.07) is 0. The topological polar surface area (TPSA) is 49.3 Å². The average Bonchev–Trinajstić information content (AvgIpc) is 3.25. The molecule has 22 heavy (non-hydrogen) atoms. The molecule has 4 saturated heterocycles. The first kappa shape index (κ1) is 14.7. The minimum atomic E-state index is 0.520. The molecule has 4 atom stereocenters. The second-order valence-electron chi connectivity index (χ2n) is 6.95. The molecule has 0 spiro atoms. The van der Waals surface area contributed by atoms with Crippen LogP contribution in [0.25, 0.3) is 0 Å². The number of aliphatic imine (C=N–C) groups is 1. The van der Waals surface area contributed by atoms with Crippen LogP contribution in [-0.2, 0) is 9.47 Å². The maximum absolute atomic E-state index is 6.06. The molecular weight excluding hydrogens is 280 g/mol. The zero-order valence-electron chi connectivity index (χ0n) is 13.5. The lowest BCUT2D eigenvalue weighted by molar-refractivity contribution is 0.0388. The minimum Gasteiger partial charge on any atom is -0.379 e. The summed E-state index contributed by atoms with van der Waals surface area (Å²) >= 11 is 0. The lowest BCUT2D eigenvalue weighted by Crippen LogP contribution is -2.46. The van der Waals surface area contributed by atoms with Gasteiger partial charge >= 0.3 is 0 Å². The van der Waals surface area contributed by atoms with E-state index in [1.54, 1.807) is 0 Å². The van der Waals surface area contributed by atoms with Crippen LogP contribution < -0.4 is 5.32 Å². The van der Waals surface area contributed by atoms with Crippen molar-refractivity contribution in [3.05, 3.63) is 0 Å². The zero-order valence-corrected chi connectivity index (χ0v) is 13.5. The molecule has 0 amide bonds. The van der Waals surface area contributed by atoms with E-state index in [1.807, 2.05) is 7.05 Å². The van der Waals surface area contributed by atoms with Crippen LogP contribution in [0.2, 0.25) is 0 Å². The molecule has 0 aromatic carbocycles. The highest BCUT2D eigenvalue weighted by Gasteiger charge is 2.53. The van der Waals surface area contributed by atoms with E-state index in [1.165, 1.54) is 12.8 Å². The summed E-state index contributed by atoms with van der Waals surface area (Å²) in [7, 11) is 1.90. The lowest BCUT2D eigenvalue weighted by atomic mass is 9.82. The molecule has 0 radical (unpaired) electrons. The summed E-state index contributed by atoms with van der Waals surface area (Å²) in [5.74, 6) is 2.54. The number of morpholine rings is 1. The second kappa shape index (κ2) is 6.34. The van der Waals surface area contributed by atoms with Gasteiger partial charge in [0.2, 0.25) is 0 Å². The van der Waals surface area contributed by atoms with Crippen LogP contribution in [0.15, 0.2) is 4.99 Å². The van der Waals surface area contributed by atoms with Crippen LogP contribution in [0.1, 0.15) is 12.8 Å². The molecule has 0 aliphatic carbocycles. The Morgan fingerprint density at radius 1 is 1.14 bits per heavy atom. The van der Waals surface area contributed by atoms with E-state index >= 15 is 0 Å². The van der Waals surface area contributed by atoms with Gasteiger partial charge in [0.05, 0.1) is 25.4 Å². The Balaban J connectivity index is 1.26. The molecular formula is C16H28N4O2. The van der Waals surface area contributed by atoms with Gasteiger partial charge < -0.3 is 19.7 Å². The molecule has 0 aromatic heterocycles. The fraction of sp³-hybridized carbons (Fsp3) is 0.938. The van der Waals surface area contributed by atoms with Gasteiger partial charge in [-0.1, -0.05) is 0 Å². The smallest absolute Gasteiger partial charge is 0.193 e. The van der Waals surface area contributed by atoms with E-state index in [0.29, 0.717) is 12.2 Å². The molecule has 6 heteroatoms. The summed E-state index contributed by atoms with van der Waals surface area (Å²) in [5.41, 5.74) is 0. The van der Waals surface area contributed by atoms with E-state index in [-0.39, 0.29) is 0 Å². The van der Waals surface area contributed by atoms with Crippen molar-refractivity contribution in [2.45, 2.75) is 25.0 Å². The molecule has 6 nitrogen and oxygen atoms in total. The van der Waals surface area contributed by atoms with Crippen molar-refractivity contribution in [2.75, 3.05) is 59.5 Å². The summed E-state index contributed by atoms with van der Waals surface area (Å²) < 4.78 is 11.4. The summed E-state index contributed by atoms with van der Waals surface area (Å²) in [4.78, 5) is 9.40. The first-order chi connectivity index (χ1) is 10.8. The molecule has 0 aromatic rings. The third-order valence-electron chi connectivity index (χ3n) is 5.78. The monoisotopic (exact) mass is 308 g/mol. The second-order valence-corrected chi connectivity index (χ2v) is 6.95. The van der Waals surface area contributed by atoms with E-state index in [9.17, 15) is 0 Å². The molecule has 1 N–H and O–H groups in total. The third kappa shape index (κ3) is 2.72. The van der Waals surface area contributed by atoms with Gasteiger partial charge in [0, 0.05) is 58.2 Å². The fourth-order valence-corrected chi connectivity index (χ4v) is 4.62. The number of rotatable bonds is 3. The van der Waals surface area contributed by atoms with E-state index in [2.05, 4.69) is 20.1 Å². The Kier molecular flexibility index (Phi) is 4.24. The van der Waals surface area contributed by atoms with Gasteiger partial charge in [0.25, 0.3) is 0 Å². The predicted octanol–water partition coefficient (Wildman–Crippen LogP) is 0.00320. The Morgan fingerprint density at radius 3 is 2.45 bits per heavy atom. The van der Waals surface area contributed by atoms with Crippen LogP contribution >= 0.6 is 0 Å². The van der Waals surface area contributed by atoms with Gasteiger partial charge in [-0.25, -0.2) is 0 Å². The highest BCUT2D eigenvalue weighted by atomic mass is 16.5. The van der Waals surface area contributed by atoms with Crippen molar-refractivity contribution >= 4 is 5.96 Å². The fourth-order valence-electron chi connectivity index (χ4n) is 4.62. The molecule has 4 unspecified atom stereocenters. The number of ether oxygens (including phenoxy) is 2. The van der Waals surface area contributed by atoms with Gasteiger partial charge in [-0.15, -0.1) is 0 Å². The number of nitrogens with zero attached hydrogens (tertiary/aromatic N) is 3. The van der Waals surface area contributed by atoms with Crippen molar-refractivity contribution in [3.8, 4) is 0 Å². The Bertz CT molecular complexity index is 406. The number of likely N-dealkylation sites (tertiary alicyclic amines) is 1. The number of hydrogen-bond acceptors (Lipinski definition) is 4. The van der Waals surface area contributed by atoms with Crippen molar-refractivity contribution in [3.63, 3.8) is 0 Å². The maximum Gasteiger partial charge on any atom is 0.193 e. The number of guanidine groups is 1. The van der Waals surface area contributed by atoms with Gasteiger partial charge in [-0.3, -0.25) is 9.89 Å². The van der Waals surface area contributed by atoms with Crippen LogP contribution in [0.5, 0.6) is 0 Å². The summed E-state index contributed by atoms with van der Waals surface area (Å²) in [5, 5.41) is 3.55. The van der Waals surface area contributed by atoms with E-state index in [4.69, 9.17) is 9.47 Å². The summed E-state index contributed by atoms with van der Waals surface area (Å²) in [6.45, 7) is 8.09. The molecule has 4 fully saturated rings. The van der Waals surface area contributed by atoms with E-state index < -0.39 is 0 Å². The van der Waals surface area contributed by atoms with Gasteiger partial charge in [-0.05, 0) is 12.8 Å². The number of nitrogens with one attached hydrogen (secondary N) is 1. The number of hydrogen-bond donors (Lipinski definition) is 1. The zero-order chi connectivity index (χ0) is 14.9. The van der Waals surface area contributed by atoms with Crippen LogP contribution in [0, 0.1) is 11.8 Å². The largest absolute Gasteiger partial charge is 0.379 e. The Hall–Kier alpha value is -0.850. The predicted molar refractivity (Wildman–Crippen MR) is 85.1 cm³/mol. The van der Waals surface area contributed by atoms with Crippen LogP contribution in [0.4, 0.5) is 0 Å². The van der Waals surface area contributed by atoms with Crippen molar-refractivity contribution in [1.82, 2.24) is 15.1 Å². The van der Waals surface area contributed by atoms with Crippen molar-refractivity contribution in [1.29, 1.82) is 0 Å². The molecule has 2 bridgehead atoms. The van der Waals surface area contributed by atoms with Gasteiger partial charge in [-0.2, -0.15) is 0 Å². The normalized spacial score (nSPS) is 38.6. The van der Waals surface area contributed by atoms with Crippen LogP contribution in [0.3, 0.4) is 0 Å². The Labute approximate surface area is 132 Å². The molecule has 4 rings (SSSR count). The first-order valence-electron chi connectivity index (χ1n) is 8.76. The average molecular weight is 308 g/mol. The first-order valence-corrected chi connectivity index (χ1v) is 8.76. The molecule has 4 aliphatic rings. The summed E-state index contributed by atoms with van der Waals surface area (Å²) in [6.07, 6.45) is 3.57. The molecule has 4 heterocycles. The van der Waals surface area contributed by atoms with Crippen molar-refractivity contribution in [2.24, 2.45) is 16.8 Å². The van der Waals surface area contributed by atoms with E-state index in [0.717, 1.165) is 70.3 Å². The van der Waals surface area contributed by atoms with Crippen molar-refractivity contribution < 1.29 is 9.47 Å². The lowest BCUT2D eigenvalue weighted by Gasteiger charge is -2.28.